The van der Waals surface area contributed by atoms with E-state index in [2.05, 4.69) is 85.1 Å². The van der Waals surface area contributed by atoms with Gasteiger partial charge in [0.1, 0.15) is 0 Å². The van der Waals surface area contributed by atoms with Crippen LogP contribution in [0, 0.1) is 50.9 Å². The van der Waals surface area contributed by atoms with Crippen molar-refractivity contribution in [3.63, 3.8) is 0 Å². The number of anilines is 4. The molecule has 4 aromatic rings. The molecule has 7 heterocycles. The van der Waals surface area contributed by atoms with Gasteiger partial charge in [0.25, 0.3) is 0 Å². The van der Waals surface area contributed by atoms with E-state index >= 15 is 0 Å². The molecule has 0 saturated carbocycles. The van der Waals surface area contributed by atoms with Crippen LogP contribution in [0.1, 0.15) is 26.3 Å². The quantitative estimate of drug-likeness (QED) is 0.192. The summed E-state index contributed by atoms with van der Waals surface area (Å²) in [5.41, 5.74) is 5.15. The van der Waals surface area contributed by atoms with Crippen molar-refractivity contribution in [1.29, 1.82) is 0 Å². The molecule has 8 rings (SSSR count). The Balaban J connectivity index is 0.00000208. The Morgan fingerprint density at radius 1 is 0.531 bits per heavy atom. The van der Waals surface area contributed by atoms with Gasteiger partial charge in [0.2, 0.25) is 0 Å². The minimum atomic E-state index is -0.233. The predicted molar refractivity (Wildman–Crippen MR) is 185 cm³/mol. The van der Waals surface area contributed by atoms with Crippen molar-refractivity contribution >= 4 is 44.8 Å². The van der Waals surface area contributed by atoms with Gasteiger partial charge in [-0.2, -0.15) is 38.8 Å². The average molecular weight is 835 g/mol. The number of hydrogen-bond acceptors (Lipinski definition) is 10. The van der Waals surface area contributed by atoms with Gasteiger partial charge in [-0.15, -0.1) is 16.4 Å². The second-order valence-corrected chi connectivity index (χ2v) is 13.1. The molecule has 13 heteroatoms. The van der Waals surface area contributed by atoms with Crippen LogP contribution >= 0.6 is 0 Å². The molecule has 262 valence electrons. The largest absolute Gasteiger partial charge is 0.520 e. The summed E-state index contributed by atoms with van der Waals surface area (Å²) in [7, 11) is 8.03. The van der Waals surface area contributed by atoms with Crippen LogP contribution in [0.5, 0.6) is 0 Å². The fourth-order valence-electron chi connectivity index (χ4n) is 6.15. The van der Waals surface area contributed by atoms with Gasteiger partial charge in [-0.25, -0.2) is 33.4 Å². The van der Waals surface area contributed by atoms with E-state index in [-0.39, 0.29) is 46.3 Å². The Hall–Kier alpha value is -4.00. The molecule has 0 fully saturated rings. The van der Waals surface area contributed by atoms with Crippen LogP contribution in [0.15, 0.2) is 62.0 Å². The van der Waals surface area contributed by atoms with Crippen molar-refractivity contribution in [2.24, 2.45) is 0 Å². The van der Waals surface area contributed by atoms with Crippen LogP contribution < -0.4 is 19.6 Å². The smallest absolute Gasteiger partial charge is 0.0112 e. The third kappa shape index (κ3) is 6.19. The first-order chi connectivity index (χ1) is 22.5. The molecular weight excluding hydrogens is 799 g/mol. The molecule has 4 aliphatic rings. The molecule has 3 aromatic heterocycles. The molecule has 11 nitrogen and oxygen atoms in total. The van der Waals surface area contributed by atoms with Gasteiger partial charge in [0.05, 0.1) is 0 Å². The van der Waals surface area contributed by atoms with Crippen LogP contribution in [0.3, 0.4) is 0 Å². The number of benzene rings is 1. The Bertz CT molecular complexity index is 1880. The van der Waals surface area contributed by atoms with Gasteiger partial charge < -0.3 is 55.9 Å². The summed E-state index contributed by atoms with van der Waals surface area (Å²) in [5, 5.41) is 1.83. The Labute approximate surface area is 316 Å². The summed E-state index contributed by atoms with van der Waals surface area (Å²) < 4.78 is 2.14. The summed E-state index contributed by atoms with van der Waals surface area (Å²) in [6, 6.07) is 14.9. The fourth-order valence-corrected chi connectivity index (χ4v) is 6.15. The van der Waals surface area contributed by atoms with E-state index in [0.717, 1.165) is 44.4 Å². The summed E-state index contributed by atoms with van der Waals surface area (Å²) in [5.74, 6) is 1.35. The first-order valence-corrected chi connectivity index (χ1v) is 15.4. The molecule has 4 aliphatic heterocycles. The molecule has 0 atom stereocenters. The van der Waals surface area contributed by atoms with E-state index in [9.17, 15) is 0 Å². The maximum atomic E-state index is 4.81. The monoisotopic (exact) mass is 833 g/mol. The molecule has 0 N–H and O–H groups in total. The van der Waals surface area contributed by atoms with Gasteiger partial charge in [0, 0.05) is 52.5 Å². The van der Waals surface area contributed by atoms with Crippen molar-refractivity contribution in [2.45, 2.75) is 26.2 Å². The summed E-state index contributed by atoms with van der Waals surface area (Å²) in [6.45, 7) is 14.8. The van der Waals surface area contributed by atoms with Gasteiger partial charge in [-0.1, -0.05) is 33.2 Å². The molecule has 1 aromatic carbocycles. The molecule has 0 bridgehead atoms. The van der Waals surface area contributed by atoms with E-state index in [0.29, 0.717) is 11.6 Å². The molecule has 0 aliphatic carbocycles. The minimum absolute atomic E-state index is 0. The maximum Gasteiger partial charge on any atom is 0.0112 e. The van der Waals surface area contributed by atoms with Crippen molar-refractivity contribution in [2.75, 3.05) is 47.8 Å². The Morgan fingerprint density at radius 2 is 0.898 bits per heavy atom. The molecular formula is C36H35N11Pd2-8. The normalized spacial score (nSPS) is 17.2. The zero-order valence-electron chi connectivity index (χ0n) is 28.1. The molecule has 0 saturated heterocycles. The van der Waals surface area contributed by atoms with Crippen LogP contribution in [-0.4, -0.2) is 62.3 Å². The molecule has 0 spiro atoms. The van der Waals surface area contributed by atoms with Crippen molar-refractivity contribution in [3.05, 3.63) is 118 Å². The third-order valence-electron chi connectivity index (χ3n) is 8.34. The predicted octanol–water partition coefficient (Wildman–Crippen LogP) is 5.44. The van der Waals surface area contributed by atoms with Crippen LogP contribution in [-0.2, 0) is 46.3 Å². The van der Waals surface area contributed by atoms with Gasteiger partial charge in [-0.3, -0.25) is 9.97 Å². The van der Waals surface area contributed by atoms with Gasteiger partial charge >= 0.3 is 0 Å². The van der Waals surface area contributed by atoms with Crippen LogP contribution in [0.2, 0.25) is 0 Å². The summed E-state index contributed by atoms with van der Waals surface area (Å²) >= 11 is 0. The number of aromatic nitrogens is 3. The topological polar surface area (TPSA) is 56.6 Å². The van der Waals surface area contributed by atoms with E-state index in [1.54, 1.807) is 0 Å². The number of rotatable bonds is 5. The number of pyridine rings is 2. The number of hydrogen-bond donors (Lipinski definition) is 0. The molecule has 49 heavy (non-hydrogen) atoms. The van der Waals surface area contributed by atoms with E-state index in [1.807, 2.05) is 121 Å². The second-order valence-electron chi connectivity index (χ2n) is 13.1. The van der Waals surface area contributed by atoms with Crippen LogP contribution in [0.25, 0.3) is 27.5 Å². The van der Waals surface area contributed by atoms with Crippen LogP contribution in [0.4, 0.5) is 23.0 Å². The van der Waals surface area contributed by atoms with E-state index in [4.69, 9.17) is 9.97 Å². The zero-order chi connectivity index (χ0) is 32.6. The van der Waals surface area contributed by atoms with Gasteiger partial charge in [-0.05, 0) is 77.8 Å². The van der Waals surface area contributed by atoms with Crippen molar-refractivity contribution in [3.8, 4) is 5.69 Å². The third-order valence-corrected chi connectivity index (χ3v) is 8.34. The first kappa shape index (κ1) is 34.9. The van der Waals surface area contributed by atoms with Gasteiger partial charge in [0.15, 0.2) is 0 Å². The SMILES string of the molecule is CN1C=CN(c2[c-]c3c(cn2)c2cnc(N4C=CN(C)[CH-]4)[c-]c2n3-c2[c-]c(N3C=CN(C)[CH-]3)c(C(C)(C)C)c(N3C=CN(C)[CH-]3)[c-]2)[CH-]1.[Pd].[Pd]. The first-order valence-electron chi connectivity index (χ1n) is 15.4. The van der Waals surface area contributed by atoms with Crippen molar-refractivity contribution < 1.29 is 40.8 Å². The standard InChI is InChI=1S/C36H35N11.2Pd/c1-36(2,3)35-31(43-12-8-39(4)22-43)16-26(17-32(35)44-13-9-40(5)23-44)47-29-18-33(45-14-10-41(6)24-45)37-20-27(29)28-21-38-34(19-30(28)47)46-15-11-42(7)25-46;;/h8-15,20-25H,1-7H3;;/q-8;;. The van der Waals surface area contributed by atoms with Crippen molar-refractivity contribution in [1.82, 2.24) is 34.1 Å². The molecule has 0 amide bonds. The maximum absolute atomic E-state index is 4.81. The Kier molecular flexibility index (Phi) is 9.27. The fraction of sp³-hybridized carbons (Fsp3) is 0.222. The summed E-state index contributed by atoms with van der Waals surface area (Å²) in [4.78, 5) is 25.8. The zero-order valence-corrected chi connectivity index (χ0v) is 31.2. The second kappa shape index (κ2) is 13.0. The summed E-state index contributed by atoms with van der Waals surface area (Å²) in [6.07, 6.45) is 19.9. The number of nitrogens with zero attached hydrogens (tertiary/aromatic N) is 11. The number of fused-ring (bicyclic) bond motifs is 3. The van der Waals surface area contributed by atoms with E-state index < -0.39 is 0 Å². The Morgan fingerprint density at radius 3 is 1.22 bits per heavy atom. The molecule has 0 unspecified atom stereocenters. The average Bonchev–Trinajstić information content (AvgIpc) is 3.87. The van der Waals surface area contributed by atoms with E-state index in [1.165, 1.54) is 0 Å². The minimum Gasteiger partial charge on any atom is -0.520 e. The molecule has 0 radical (unpaired) electrons.